The number of hydrazone groups is 1. The van der Waals surface area contributed by atoms with E-state index >= 15 is 0 Å². The number of hydrogen-bond acceptors (Lipinski definition) is 3. The Morgan fingerprint density at radius 1 is 1.12 bits per heavy atom. The van der Waals surface area contributed by atoms with E-state index in [4.69, 9.17) is 16.0 Å². The summed E-state index contributed by atoms with van der Waals surface area (Å²) in [6.07, 6.45) is 1.45. The van der Waals surface area contributed by atoms with E-state index in [1.54, 1.807) is 36.4 Å². The van der Waals surface area contributed by atoms with Gasteiger partial charge in [0.05, 0.1) is 6.21 Å². The van der Waals surface area contributed by atoms with E-state index in [0.717, 1.165) is 10.0 Å². The Morgan fingerprint density at radius 2 is 1.92 bits per heavy atom. The van der Waals surface area contributed by atoms with Gasteiger partial charge >= 0.3 is 0 Å². The number of halogens is 2. The van der Waals surface area contributed by atoms with Crippen molar-refractivity contribution in [2.75, 3.05) is 0 Å². The third-order valence-corrected chi connectivity index (χ3v) is 3.95. The topological polar surface area (TPSA) is 54.6 Å². The number of amides is 1. The number of carbonyl (C=O) groups is 1. The Hall–Kier alpha value is -2.37. The maximum Gasteiger partial charge on any atom is 0.271 e. The normalized spacial score (nSPS) is 10.9. The van der Waals surface area contributed by atoms with E-state index in [2.05, 4.69) is 26.5 Å². The van der Waals surface area contributed by atoms with Crippen LogP contribution in [0.15, 0.2) is 74.7 Å². The van der Waals surface area contributed by atoms with Crippen molar-refractivity contribution in [2.45, 2.75) is 0 Å². The molecule has 0 unspecified atom stereocenters. The predicted octanol–water partition coefficient (Wildman–Crippen LogP) is 5.13. The van der Waals surface area contributed by atoms with Crippen LogP contribution < -0.4 is 5.43 Å². The van der Waals surface area contributed by atoms with Gasteiger partial charge in [0.1, 0.15) is 11.5 Å². The molecular weight excluding hydrogens is 392 g/mol. The fourth-order valence-electron chi connectivity index (χ4n) is 2.04. The highest BCUT2D eigenvalue weighted by atomic mass is 79.9. The van der Waals surface area contributed by atoms with E-state index in [1.807, 2.05) is 24.3 Å². The number of hydrogen-bond donors (Lipinski definition) is 1. The summed E-state index contributed by atoms with van der Waals surface area (Å²) in [6, 6.07) is 18.0. The van der Waals surface area contributed by atoms with E-state index < -0.39 is 0 Å². The van der Waals surface area contributed by atoms with Gasteiger partial charge in [-0.3, -0.25) is 4.79 Å². The molecule has 1 N–H and O–H groups in total. The summed E-state index contributed by atoms with van der Waals surface area (Å²) >= 11 is 9.19. The third-order valence-electron chi connectivity index (χ3n) is 3.20. The van der Waals surface area contributed by atoms with Gasteiger partial charge < -0.3 is 4.42 Å². The van der Waals surface area contributed by atoms with E-state index in [-0.39, 0.29) is 5.91 Å². The molecule has 0 bridgehead atoms. The average Bonchev–Trinajstić information content (AvgIpc) is 3.04. The van der Waals surface area contributed by atoms with Crippen molar-refractivity contribution in [1.29, 1.82) is 0 Å². The minimum absolute atomic E-state index is 0.294. The molecule has 0 atom stereocenters. The molecule has 1 heterocycles. The number of furan rings is 1. The molecule has 3 rings (SSSR count). The van der Waals surface area contributed by atoms with Crippen LogP contribution in [0.2, 0.25) is 5.02 Å². The van der Waals surface area contributed by atoms with Crippen molar-refractivity contribution in [2.24, 2.45) is 5.10 Å². The maximum absolute atomic E-state index is 12.0. The highest BCUT2D eigenvalue weighted by molar-refractivity contribution is 9.10. The van der Waals surface area contributed by atoms with Gasteiger partial charge in [-0.2, -0.15) is 5.10 Å². The van der Waals surface area contributed by atoms with Crippen LogP contribution in [-0.4, -0.2) is 12.1 Å². The first-order valence-electron chi connectivity index (χ1n) is 7.06. The summed E-state index contributed by atoms with van der Waals surface area (Å²) in [6.45, 7) is 0. The summed E-state index contributed by atoms with van der Waals surface area (Å²) in [5, 5.41) is 4.58. The molecular formula is C18H12BrClN2O2. The molecule has 0 aliphatic rings. The van der Waals surface area contributed by atoms with Gasteiger partial charge in [-0.15, -0.1) is 0 Å². The monoisotopic (exact) mass is 402 g/mol. The van der Waals surface area contributed by atoms with Crippen molar-refractivity contribution in [3.05, 3.63) is 81.5 Å². The second kappa shape index (κ2) is 7.47. The fourth-order valence-corrected chi connectivity index (χ4v) is 2.57. The van der Waals surface area contributed by atoms with Crippen LogP contribution >= 0.6 is 27.5 Å². The summed E-state index contributed by atoms with van der Waals surface area (Å²) < 4.78 is 6.50. The molecule has 0 saturated heterocycles. The highest BCUT2D eigenvalue weighted by Crippen LogP contribution is 2.23. The second-order valence-corrected chi connectivity index (χ2v) is 6.27. The van der Waals surface area contributed by atoms with Crippen LogP contribution in [0.25, 0.3) is 11.3 Å². The minimum Gasteiger partial charge on any atom is -0.455 e. The summed E-state index contributed by atoms with van der Waals surface area (Å²) in [7, 11) is 0. The van der Waals surface area contributed by atoms with Gasteiger partial charge in [0.2, 0.25) is 0 Å². The van der Waals surface area contributed by atoms with Gasteiger partial charge in [0, 0.05) is 20.6 Å². The lowest BCUT2D eigenvalue weighted by Gasteiger charge is -1.99. The number of nitrogens with one attached hydrogen (secondary N) is 1. The lowest BCUT2D eigenvalue weighted by molar-refractivity contribution is 0.0955. The zero-order valence-electron chi connectivity index (χ0n) is 12.4. The van der Waals surface area contributed by atoms with Crippen LogP contribution in [0.4, 0.5) is 0 Å². The maximum atomic E-state index is 12.0. The SMILES string of the molecule is O=C(N/N=C\c1ccc(-c2ccc(Cl)cc2)o1)c1cccc(Br)c1. The van der Waals surface area contributed by atoms with Crippen LogP contribution in [0, 0.1) is 0 Å². The van der Waals surface area contributed by atoms with Crippen molar-refractivity contribution in [1.82, 2.24) is 5.43 Å². The molecule has 0 radical (unpaired) electrons. The first-order valence-corrected chi connectivity index (χ1v) is 8.24. The van der Waals surface area contributed by atoms with Gasteiger partial charge in [-0.1, -0.05) is 33.6 Å². The largest absolute Gasteiger partial charge is 0.455 e. The lowest BCUT2D eigenvalue weighted by Crippen LogP contribution is -2.17. The molecule has 0 aliphatic heterocycles. The van der Waals surface area contributed by atoms with Crippen molar-refractivity contribution < 1.29 is 9.21 Å². The summed E-state index contributed by atoms with van der Waals surface area (Å²) in [5.41, 5.74) is 3.89. The number of nitrogens with zero attached hydrogens (tertiary/aromatic N) is 1. The molecule has 6 heteroatoms. The molecule has 1 amide bonds. The Labute approximate surface area is 152 Å². The molecule has 0 aliphatic carbocycles. The zero-order valence-corrected chi connectivity index (χ0v) is 14.7. The predicted molar refractivity (Wildman–Crippen MR) is 98.4 cm³/mol. The molecule has 0 fully saturated rings. The highest BCUT2D eigenvalue weighted by Gasteiger charge is 2.05. The first kappa shape index (κ1) is 16.5. The van der Waals surface area contributed by atoms with Crippen LogP contribution in [0.5, 0.6) is 0 Å². The number of rotatable bonds is 4. The lowest BCUT2D eigenvalue weighted by atomic mass is 10.2. The smallest absolute Gasteiger partial charge is 0.271 e. The molecule has 0 saturated carbocycles. The number of carbonyl (C=O) groups excluding carboxylic acids is 1. The van der Waals surface area contributed by atoms with Crippen LogP contribution in [0.3, 0.4) is 0 Å². The standard InChI is InChI=1S/C18H12BrClN2O2/c19-14-3-1-2-13(10-14)18(23)22-21-11-16-8-9-17(24-16)12-4-6-15(20)7-5-12/h1-11H,(H,22,23)/b21-11-. The average molecular weight is 404 g/mol. The van der Waals surface area contributed by atoms with E-state index in [1.165, 1.54) is 6.21 Å². The van der Waals surface area contributed by atoms with Crippen LogP contribution in [-0.2, 0) is 0 Å². The first-order chi connectivity index (χ1) is 11.6. The Balaban J connectivity index is 1.65. The Bertz CT molecular complexity index is 888. The van der Waals surface area contributed by atoms with Gasteiger partial charge in [0.15, 0.2) is 0 Å². The molecule has 4 nitrogen and oxygen atoms in total. The fraction of sp³-hybridized carbons (Fsp3) is 0. The Morgan fingerprint density at radius 3 is 2.67 bits per heavy atom. The second-order valence-electron chi connectivity index (χ2n) is 4.92. The molecule has 2 aromatic carbocycles. The van der Waals surface area contributed by atoms with Crippen molar-refractivity contribution >= 4 is 39.7 Å². The summed E-state index contributed by atoms with van der Waals surface area (Å²) in [5.74, 6) is 0.943. The van der Waals surface area contributed by atoms with Gasteiger partial charge in [-0.05, 0) is 54.6 Å². The zero-order chi connectivity index (χ0) is 16.9. The molecule has 3 aromatic rings. The quantitative estimate of drug-likeness (QED) is 0.485. The molecule has 120 valence electrons. The van der Waals surface area contributed by atoms with Gasteiger partial charge in [0.25, 0.3) is 5.91 Å². The minimum atomic E-state index is -0.294. The van der Waals surface area contributed by atoms with Crippen molar-refractivity contribution in [3.63, 3.8) is 0 Å². The Kier molecular flexibility index (Phi) is 5.13. The van der Waals surface area contributed by atoms with E-state index in [0.29, 0.717) is 22.1 Å². The summed E-state index contributed by atoms with van der Waals surface area (Å²) in [4.78, 5) is 12.0. The van der Waals surface area contributed by atoms with Crippen molar-refractivity contribution in [3.8, 4) is 11.3 Å². The van der Waals surface area contributed by atoms with Gasteiger partial charge in [-0.25, -0.2) is 5.43 Å². The molecule has 1 aromatic heterocycles. The number of benzene rings is 2. The van der Waals surface area contributed by atoms with Crippen LogP contribution in [0.1, 0.15) is 16.1 Å². The molecule has 0 spiro atoms. The van der Waals surface area contributed by atoms with E-state index in [9.17, 15) is 4.79 Å². The molecule has 24 heavy (non-hydrogen) atoms. The third kappa shape index (κ3) is 4.13.